The van der Waals surface area contributed by atoms with Crippen LogP contribution in [0, 0.1) is 23.7 Å². The third-order valence-corrected chi connectivity index (χ3v) is 8.56. The minimum Gasteiger partial charge on any atom is -0.0546 e. The van der Waals surface area contributed by atoms with E-state index in [0.29, 0.717) is 0 Å². The van der Waals surface area contributed by atoms with E-state index in [1.165, 1.54) is 0 Å². The molecule has 0 saturated heterocycles. The Labute approximate surface area is 121 Å². The van der Waals surface area contributed by atoms with Crippen molar-refractivity contribution < 1.29 is 0 Å². The lowest BCUT2D eigenvalue weighted by Crippen LogP contribution is -2.35. The van der Waals surface area contributed by atoms with E-state index in [1.807, 2.05) is 22.3 Å². The molecule has 0 amide bonds. The highest BCUT2D eigenvalue weighted by Gasteiger charge is 2.59. The van der Waals surface area contributed by atoms with Crippen LogP contribution in [0.25, 0.3) is 0 Å². The second-order valence-corrected chi connectivity index (χ2v) is 8.88. The number of benzene rings is 1. The summed E-state index contributed by atoms with van der Waals surface area (Å²) in [6, 6.07) is 5.43. The number of rotatable bonds is 0. The van der Waals surface area contributed by atoms with Crippen LogP contribution in [0.1, 0.15) is 84.5 Å². The lowest BCUT2D eigenvalue weighted by atomic mass is 9.55. The van der Waals surface area contributed by atoms with Gasteiger partial charge >= 0.3 is 0 Å². The van der Waals surface area contributed by atoms with Crippen LogP contribution < -0.4 is 0 Å². The molecule has 0 radical (unpaired) electrons. The van der Waals surface area contributed by atoms with Gasteiger partial charge in [0, 0.05) is 0 Å². The maximum Gasteiger partial charge on any atom is -0.00589 e. The van der Waals surface area contributed by atoms with Gasteiger partial charge in [-0.25, -0.2) is 0 Å². The van der Waals surface area contributed by atoms with Crippen molar-refractivity contribution in [1.82, 2.24) is 0 Å². The smallest absolute Gasteiger partial charge is 0.00589 e. The molecule has 0 unspecified atom stereocenters. The zero-order chi connectivity index (χ0) is 12.6. The van der Waals surface area contributed by atoms with Crippen molar-refractivity contribution >= 4 is 0 Å². The van der Waals surface area contributed by atoms with E-state index in [9.17, 15) is 0 Å². The van der Waals surface area contributed by atoms with Gasteiger partial charge in [-0.2, -0.15) is 0 Å². The SMILES string of the molecule is c1c2c(cc3c1[C@H]1[C@@H]4CC[C@@H](C4)[C@@H]31)[C@H]1[C@@H]3CC[C@@H](C3)[C@@H]21. The highest BCUT2D eigenvalue weighted by atomic mass is 14.6. The molecule has 102 valence electrons. The van der Waals surface area contributed by atoms with Gasteiger partial charge in [0.15, 0.2) is 0 Å². The van der Waals surface area contributed by atoms with E-state index in [-0.39, 0.29) is 0 Å². The molecule has 20 heavy (non-hydrogen) atoms. The second kappa shape index (κ2) is 2.89. The molecule has 0 aliphatic heterocycles. The summed E-state index contributed by atoms with van der Waals surface area (Å²) in [5.41, 5.74) is 7.29. The van der Waals surface area contributed by atoms with E-state index in [4.69, 9.17) is 0 Å². The first-order valence-corrected chi connectivity index (χ1v) is 9.08. The topological polar surface area (TPSA) is 0 Å². The standard InChI is InChI=1S/C20H22/c1-2-10-5-9(1)17-13-7-15-16(8-14(13)18(10)17)20-12-4-3-11(6-12)19(15)20/h7-12,17-20H,1-6H2/t9-,10+,11+,12-,17-,18+,19+,20-. The van der Waals surface area contributed by atoms with Crippen LogP contribution in [-0.2, 0) is 0 Å². The molecular formula is C20H22. The third kappa shape index (κ3) is 0.845. The van der Waals surface area contributed by atoms with E-state index >= 15 is 0 Å². The molecule has 1 aromatic carbocycles. The summed E-state index contributed by atoms with van der Waals surface area (Å²) in [4.78, 5) is 0. The van der Waals surface area contributed by atoms with Crippen molar-refractivity contribution in [1.29, 1.82) is 0 Å². The Kier molecular flexibility index (Phi) is 1.45. The van der Waals surface area contributed by atoms with Gasteiger partial charge in [-0.05, 0) is 108 Å². The van der Waals surface area contributed by atoms with Crippen molar-refractivity contribution in [3.63, 3.8) is 0 Å². The number of hydrogen-bond acceptors (Lipinski definition) is 0. The molecule has 8 atom stereocenters. The average Bonchev–Trinajstić information content (AvgIpc) is 3.14. The Hall–Kier alpha value is -0.780. The Bertz CT molecular complexity index is 548. The van der Waals surface area contributed by atoms with Gasteiger partial charge in [0.05, 0.1) is 0 Å². The summed E-state index contributed by atoms with van der Waals surface area (Å²) >= 11 is 0. The zero-order valence-corrected chi connectivity index (χ0v) is 12.0. The summed E-state index contributed by atoms with van der Waals surface area (Å²) in [6.07, 6.45) is 9.29. The number of hydrogen-bond donors (Lipinski definition) is 0. The van der Waals surface area contributed by atoms with E-state index in [0.717, 1.165) is 47.3 Å². The van der Waals surface area contributed by atoms with Gasteiger partial charge in [-0.15, -0.1) is 0 Å². The lowest BCUT2D eigenvalue weighted by molar-refractivity contribution is 0.302. The first-order valence-electron chi connectivity index (χ1n) is 9.08. The Balaban J connectivity index is 1.40. The van der Waals surface area contributed by atoms with E-state index in [1.54, 1.807) is 38.5 Å². The van der Waals surface area contributed by atoms with Crippen molar-refractivity contribution in [2.45, 2.75) is 62.2 Å². The fourth-order valence-corrected chi connectivity index (χ4v) is 8.00. The van der Waals surface area contributed by atoms with Gasteiger partial charge in [-0.3, -0.25) is 0 Å². The van der Waals surface area contributed by atoms with Gasteiger partial charge in [0.2, 0.25) is 0 Å². The van der Waals surface area contributed by atoms with E-state index in [2.05, 4.69) is 12.1 Å². The largest absolute Gasteiger partial charge is 0.0546 e. The lowest BCUT2D eigenvalue weighted by Gasteiger charge is -2.49. The minimum absolute atomic E-state index is 1.01. The van der Waals surface area contributed by atoms with Gasteiger partial charge < -0.3 is 0 Å². The molecule has 4 bridgehead atoms. The van der Waals surface area contributed by atoms with Crippen LogP contribution in [-0.4, -0.2) is 0 Å². The monoisotopic (exact) mass is 262 g/mol. The van der Waals surface area contributed by atoms with Crippen LogP contribution >= 0.6 is 0 Å². The molecule has 6 aliphatic rings. The molecule has 0 spiro atoms. The predicted molar refractivity (Wildman–Crippen MR) is 79.1 cm³/mol. The molecule has 0 nitrogen and oxygen atoms in total. The minimum atomic E-state index is 1.01. The van der Waals surface area contributed by atoms with Crippen molar-refractivity contribution in [3.05, 3.63) is 34.4 Å². The third-order valence-electron chi connectivity index (χ3n) is 8.56. The Morgan fingerprint density at radius 3 is 1.10 bits per heavy atom. The van der Waals surface area contributed by atoms with Crippen molar-refractivity contribution in [2.75, 3.05) is 0 Å². The Morgan fingerprint density at radius 2 is 0.800 bits per heavy atom. The molecule has 7 rings (SSSR count). The van der Waals surface area contributed by atoms with Crippen LogP contribution in [0.2, 0.25) is 0 Å². The Morgan fingerprint density at radius 1 is 0.500 bits per heavy atom. The van der Waals surface area contributed by atoms with Crippen molar-refractivity contribution in [3.8, 4) is 0 Å². The van der Waals surface area contributed by atoms with E-state index < -0.39 is 0 Å². The first-order chi connectivity index (χ1) is 9.90. The number of fused-ring (bicyclic) bond motifs is 16. The summed E-state index contributed by atoms with van der Waals surface area (Å²) < 4.78 is 0. The summed E-state index contributed by atoms with van der Waals surface area (Å²) in [6.45, 7) is 0. The maximum absolute atomic E-state index is 2.72. The molecular weight excluding hydrogens is 240 g/mol. The molecule has 0 heteroatoms. The fraction of sp³-hybridized carbons (Fsp3) is 0.700. The fourth-order valence-electron chi connectivity index (χ4n) is 8.00. The molecule has 4 saturated carbocycles. The first kappa shape index (κ1) is 10.0. The molecule has 0 aromatic heterocycles. The molecule has 0 heterocycles. The highest BCUT2D eigenvalue weighted by molar-refractivity contribution is 5.60. The normalized spacial score (nSPS) is 54.8. The molecule has 1 aromatic rings. The van der Waals surface area contributed by atoms with Gasteiger partial charge in [-0.1, -0.05) is 12.1 Å². The summed E-state index contributed by atoms with van der Waals surface area (Å²) in [5, 5.41) is 0. The van der Waals surface area contributed by atoms with Crippen LogP contribution in [0.5, 0.6) is 0 Å². The van der Waals surface area contributed by atoms with Gasteiger partial charge in [0.1, 0.15) is 0 Å². The zero-order valence-electron chi connectivity index (χ0n) is 12.0. The summed E-state index contributed by atoms with van der Waals surface area (Å²) in [5.74, 6) is 8.33. The average molecular weight is 262 g/mol. The van der Waals surface area contributed by atoms with Crippen molar-refractivity contribution in [2.24, 2.45) is 23.7 Å². The summed E-state index contributed by atoms with van der Waals surface area (Å²) in [7, 11) is 0. The van der Waals surface area contributed by atoms with Crippen LogP contribution in [0.4, 0.5) is 0 Å². The van der Waals surface area contributed by atoms with Gasteiger partial charge in [0.25, 0.3) is 0 Å². The second-order valence-electron chi connectivity index (χ2n) is 8.88. The maximum atomic E-state index is 2.72. The predicted octanol–water partition coefficient (Wildman–Crippen LogP) is 4.91. The molecule has 4 fully saturated rings. The molecule has 0 N–H and O–H groups in total. The highest BCUT2D eigenvalue weighted by Crippen LogP contribution is 2.72. The molecule has 6 aliphatic carbocycles. The van der Waals surface area contributed by atoms with Crippen LogP contribution in [0.15, 0.2) is 12.1 Å². The van der Waals surface area contributed by atoms with Crippen LogP contribution in [0.3, 0.4) is 0 Å². The quantitative estimate of drug-likeness (QED) is 0.623.